The molecule has 2 aromatic heterocycles. The van der Waals surface area contributed by atoms with E-state index in [1.165, 1.54) is 29.0 Å². The maximum absolute atomic E-state index is 13.1. The van der Waals surface area contributed by atoms with E-state index in [4.69, 9.17) is 0 Å². The first-order valence-corrected chi connectivity index (χ1v) is 8.91. The van der Waals surface area contributed by atoms with Crippen molar-refractivity contribution in [2.24, 2.45) is 5.10 Å². The Hall–Kier alpha value is -2.34. The molecular weight excluding hydrogens is 323 g/mol. The topological polar surface area (TPSA) is 50.2 Å². The van der Waals surface area contributed by atoms with E-state index in [1.807, 2.05) is 6.92 Å². The SMILES string of the molecule is CC/C(=N/Nc1ncnc2sc3c(c12)CCC3)c1ccc(F)cc1. The Morgan fingerprint density at radius 1 is 1.25 bits per heavy atom. The first-order chi connectivity index (χ1) is 11.8. The summed E-state index contributed by atoms with van der Waals surface area (Å²) in [6.07, 6.45) is 5.74. The van der Waals surface area contributed by atoms with Gasteiger partial charge in [-0.1, -0.05) is 19.1 Å². The van der Waals surface area contributed by atoms with E-state index in [0.29, 0.717) is 0 Å². The van der Waals surface area contributed by atoms with Crippen LogP contribution >= 0.6 is 11.3 Å². The molecule has 24 heavy (non-hydrogen) atoms. The van der Waals surface area contributed by atoms with Gasteiger partial charge < -0.3 is 0 Å². The number of rotatable bonds is 4. The number of aryl methyl sites for hydroxylation is 2. The molecular formula is C18H17FN4S. The lowest BCUT2D eigenvalue weighted by Crippen LogP contribution is -2.04. The van der Waals surface area contributed by atoms with E-state index in [0.717, 1.165) is 46.6 Å². The Morgan fingerprint density at radius 2 is 2.08 bits per heavy atom. The van der Waals surface area contributed by atoms with Gasteiger partial charge >= 0.3 is 0 Å². The minimum Gasteiger partial charge on any atom is -0.260 e. The monoisotopic (exact) mass is 340 g/mol. The second-order valence-electron chi connectivity index (χ2n) is 5.79. The maximum Gasteiger partial charge on any atom is 0.158 e. The normalized spacial score (nSPS) is 14.2. The van der Waals surface area contributed by atoms with Crippen molar-refractivity contribution < 1.29 is 4.39 Å². The molecule has 3 aromatic rings. The molecule has 6 heteroatoms. The van der Waals surface area contributed by atoms with Gasteiger partial charge in [-0.25, -0.2) is 14.4 Å². The fourth-order valence-electron chi connectivity index (χ4n) is 3.12. The molecule has 2 heterocycles. The van der Waals surface area contributed by atoms with E-state index in [-0.39, 0.29) is 5.82 Å². The van der Waals surface area contributed by atoms with Crippen LogP contribution in [0.5, 0.6) is 0 Å². The number of benzene rings is 1. The molecule has 0 saturated heterocycles. The van der Waals surface area contributed by atoms with Gasteiger partial charge in [0.05, 0.1) is 11.1 Å². The highest BCUT2D eigenvalue weighted by atomic mass is 32.1. The van der Waals surface area contributed by atoms with Crippen molar-refractivity contribution in [1.29, 1.82) is 0 Å². The van der Waals surface area contributed by atoms with Crippen LogP contribution in [0.4, 0.5) is 10.2 Å². The van der Waals surface area contributed by atoms with Crippen LogP contribution in [-0.2, 0) is 12.8 Å². The molecule has 1 aliphatic carbocycles. The Bertz CT molecular complexity index is 915. The predicted octanol–water partition coefficient (Wildman–Crippen LogP) is 4.55. The van der Waals surface area contributed by atoms with Crippen LogP contribution in [0, 0.1) is 5.82 Å². The van der Waals surface area contributed by atoms with Crippen LogP contribution in [0.1, 0.15) is 35.8 Å². The van der Waals surface area contributed by atoms with E-state index in [2.05, 4.69) is 20.5 Å². The van der Waals surface area contributed by atoms with Gasteiger partial charge in [-0.05, 0) is 48.9 Å². The van der Waals surface area contributed by atoms with Gasteiger partial charge in [0.25, 0.3) is 0 Å². The van der Waals surface area contributed by atoms with Gasteiger partial charge in [0.1, 0.15) is 17.0 Å². The molecule has 1 aromatic carbocycles. The molecule has 4 rings (SSSR count). The molecule has 1 N–H and O–H groups in total. The minimum absolute atomic E-state index is 0.242. The molecule has 0 amide bonds. The van der Waals surface area contributed by atoms with Gasteiger partial charge in [-0.2, -0.15) is 5.10 Å². The number of hydrogen-bond acceptors (Lipinski definition) is 5. The molecule has 0 saturated carbocycles. The molecule has 0 spiro atoms. The average molecular weight is 340 g/mol. The van der Waals surface area contributed by atoms with E-state index >= 15 is 0 Å². The molecule has 1 aliphatic rings. The molecule has 0 aliphatic heterocycles. The second kappa shape index (κ2) is 6.28. The number of fused-ring (bicyclic) bond motifs is 3. The van der Waals surface area contributed by atoms with Crippen molar-refractivity contribution in [3.05, 3.63) is 52.4 Å². The van der Waals surface area contributed by atoms with Crippen molar-refractivity contribution in [2.75, 3.05) is 5.43 Å². The van der Waals surface area contributed by atoms with E-state index < -0.39 is 0 Å². The minimum atomic E-state index is -0.242. The van der Waals surface area contributed by atoms with Crippen molar-refractivity contribution in [3.63, 3.8) is 0 Å². The molecule has 122 valence electrons. The number of anilines is 1. The lowest BCUT2D eigenvalue weighted by atomic mass is 10.1. The molecule has 0 fully saturated rings. The third-order valence-electron chi connectivity index (χ3n) is 4.31. The number of thiophene rings is 1. The molecule has 0 atom stereocenters. The fourth-order valence-corrected chi connectivity index (χ4v) is 4.35. The Morgan fingerprint density at radius 3 is 2.88 bits per heavy atom. The van der Waals surface area contributed by atoms with Crippen molar-refractivity contribution in [1.82, 2.24) is 9.97 Å². The highest BCUT2D eigenvalue weighted by Crippen LogP contribution is 2.38. The van der Waals surface area contributed by atoms with Crippen molar-refractivity contribution in [3.8, 4) is 0 Å². The average Bonchev–Trinajstić information content (AvgIpc) is 3.17. The summed E-state index contributed by atoms with van der Waals surface area (Å²) in [6, 6.07) is 6.40. The summed E-state index contributed by atoms with van der Waals surface area (Å²) in [6.45, 7) is 2.03. The molecule has 0 bridgehead atoms. The lowest BCUT2D eigenvalue weighted by Gasteiger charge is -2.07. The number of halogens is 1. The highest BCUT2D eigenvalue weighted by molar-refractivity contribution is 7.19. The number of hydrazone groups is 1. The first kappa shape index (κ1) is 15.2. The number of nitrogens with zero attached hydrogens (tertiary/aromatic N) is 3. The third-order valence-corrected chi connectivity index (χ3v) is 5.51. The van der Waals surface area contributed by atoms with Crippen LogP contribution < -0.4 is 5.43 Å². The summed E-state index contributed by atoms with van der Waals surface area (Å²) in [7, 11) is 0. The Kier molecular flexibility index (Phi) is 3.98. The standard InChI is InChI=1S/C18H17FN4S/c1-2-14(11-6-8-12(19)9-7-11)22-23-17-16-13-4-3-5-15(13)24-18(16)21-10-20-17/h6-10H,2-5H2,1H3,(H,20,21,23)/b22-14-. The molecule has 4 nitrogen and oxygen atoms in total. The molecule has 0 unspecified atom stereocenters. The zero-order valence-electron chi connectivity index (χ0n) is 13.3. The highest BCUT2D eigenvalue weighted by Gasteiger charge is 2.21. The van der Waals surface area contributed by atoms with Gasteiger partial charge in [0.2, 0.25) is 0 Å². The number of nitrogens with one attached hydrogen (secondary N) is 1. The fraction of sp³-hybridized carbons (Fsp3) is 0.278. The smallest absolute Gasteiger partial charge is 0.158 e. The van der Waals surface area contributed by atoms with Gasteiger partial charge in [0, 0.05) is 4.88 Å². The van der Waals surface area contributed by atoms with Crippen LogP contribution in [0.3, 0.4) is 0 Å². The Labute approximate surface area is 143 Å². The zero-order chi connectivity index (χ0) is 16.5. The largest absolute Gasteiger partial charge is 0.260 e. The quantitative estimate of drug-likeness (QED) is 0.560. The van der Waals surface area contributed by atoms with Crippen LogP contribution in [0.2, 0.25) is 0 Å². The van der Waals surface area contributed by atoms with Crippen LogP contribution in [0.25, 0.3) is 10.2 Å². The summed E-state index contributed by atoms with van der Waals surface area (Å²) in [5.74, 6) is 0.515. The summed E-state index contributed by atoms with van der Waals surface area (Å²) in [4.78, 5) is 11.2. The summed E-state index contributed by atoms with van der Waals surface area (Å²) in [5.41, 5.74) is 6.26. The van der Waals surface area contributed by atoms with Crippen molar-refractivity contribution >= 4 is 33.1 Å². The number of hydrogen-bond donors (Lipinski definition) is 1. The van der Waals surface area contributed by atoms with E-state index in [1.54, 1.807) is 29.8 Å². The van der Waals surface area contributed by atoms with Crippen LogP contribution in [0.15, 0.2) is 35.7 Å². The van der Waals surface area contributed by atoms with Gasteiger partial charge in [-0.15, -0.1) is 11.3 Å². The van der Waals surface area contributed by atoms with E-state index in [9.17, 15) is 4.39 Å². The first-order valence-electron chi connectivity index (χ1n) is 8.10. The maximum atomic E-state index is 13.1. The predicted molar refractivity (Wildman–Crippen MR) is 96.3 cm³/mol. The van der Waals surface area contributed by atoms with Crippen molar-refractivity contribution in [2.45, 2.75) is 32.6 Å². The number of aromatic nitrogens is 2. The third kappa shape index (κ3) is 2.67. The summed E-state index contributed by atoms with van der Waals surface area (Å²) >= 11 is 1.76. The lowest BCUT2D eigenvalue weighted by molar-refractivity contribution is 0.627. The molecule has 0 radical (unpaired) electrons. The van der Waals surface area contributed by atoms with Crippen LogP contribution in [-0.4, -0.2) is 15.7 Å². The van der Waals surface area contributed by atoms with Gasteiger partial charge in [-0.3, -0.25) is 5.43 Å². The summed E-state index contributed by atoms with van der Waals surface area (Å²) < 4.78 is 13.1. The van der Waals surface area contributed by atoms with Gasteiger partial charge in [0.15, 0.2) is 5.82 Å². The zero-order valence-corrected chi connectivity index (χ0v) is 14.2. The second-order valence-corrected chi connectivity index (χ2v) is 6.87. The Balaban J connectivity index is 1.69. The summed E-state index contributed by atoms with van der Waals surface area (Å²) in [5, 5.41) is 5.63.